The van der Waals surface area contributed by atoms with E-state index in [4.69, 9.17) is 47.4 Å². The first-order valence-electron chi connectivity index (χ1n) is 17.8. The van der Waals surface area contributed by atoms with E-state index in [2.05, 4.69) is 27.2 Å². The highest BCUT2D eigenvalue weighted by molar-refractivity contribution is 6.39. The van der Waals surface area contributed by atoms with Crippen molar-refractivity contribution >= 4 is 35.1 Å². The predicted octanol–water partition coefficient (Wildman–Crippen LogP) is 6.75. The van der Waals surface area contributed by atoms with Crippen molar-refractivity contribution in [1.29, 1.82) is 0 Å². The molecular formula is C40H41Cl2N5O5. The highest BCUT2D eigenvalue weighted by Gasteiger charge is 2.47. The van der Waals surface area contributed by atoms with Gasteiger partial charge in [-0.1, -0.05) is 65.7 Å². The van der Waals surface area contributed by atoms with Gasteiger partial charge in [0.2, 0.25) is 11.8 Å². The molecule has 52 heavy (non-hydrogen) atoms. The Morgan fingerprint density at radius 3 is 2.37 bits per heavy atom. The van der Waals surface area contributed by atoms with Gasteiger partial charge in [-0.2, -0.15) is 0 Å². The summed E-state index contributed by atoms with van der Waals surface area (Å²) in [5.41, 5.74) is 7.79. The number of rotatable bonds is 10. The number of carbonyl (C=O) groups is 2. The molecule has 4 aliphatic rings. The predicted molar refractivity (Wildman–Crippen MR) is 200 cm³/mol. The van der Waals surface area contributed by atoms with Crippen LogP contribution in [0.1, 0.15) is 49.0 Å². The Balaban J connectivity index is 1.04. The van der Waals surface area contributed by atoms with Gasteiger partial charge in [0.05, 0.1) is 54.2 Å². The minimum atomic E-state index is -0.112. The molecule has 0 radical (unpaired) electrons. The molecule has 1 aromatic heterocycles. The molecule has 4 aromatic rings. The number of nitrogens with zero attached hydrogens (tertiary/aromatic N) is 4. The number of amides is 1. The van der Waals surface area contributed by atoms with E-state index in [1.54, 1.807) is 20.4 Å². The number of nitrogens with one attached hydrogen (secondary N) is 1. The minimum absolute atomic E-state index is 0.0677. The number of methoxy groups -OCH3 is 2. The molecule has 1 amide bonds. The number of carbonyl (C=O) groups excluding carboxylic acids is 2. The van der Waals surface area contributed by atoms with Crippen LogP contribution in [0.3, 0.4) is 0 Å². The smallest absolute Gasteiger partial charge is 0.311 e. The number of halogens is 2. The molecule has 12 heteroatoms. The number of aromatic nitrogens is 2. The van der Waals surface area contributed by atoms with Crippen molar-refractivity contribution in [3.63, 3.8) is 0 Å². The van der Waals surface area contributed by atoms with Crippen LogP contribution in [0.25, 0.3) is 33.5 Å². The number of hydrogen-bond donors (Lipinski definition) is 1. The lowest BCUT2D eigenvalue weighted by atomic mass is 9.88. The quantitative estimate of drug-likeness (QED) is 0.177. The fourth-order valence-electron chi connectivity index (χ4n) is 8.42. The molecule has 0 bridgehead atoms. The van der Waals surface area contributed by atoms with Crippen LogP contribution in [0.4, 0.5) is 0 Å². The van der Waals surface area contributed by atoms with Crippen molar-refractivity contribution in [2.45, 2.75) is 50.7 Å². The molecule has 1 aliphatic carbocycles. The molecule has 4 heterocycles. The van der Waals surface area contributed by atoms with E-state index in [0.29, 0.717) is 54.3 Å². The Bertz CT molecular complexity index is 2060. The van der Waals surface area contributed by atoms with Crippen molar-refractivity contribution in [1.82, 2.24) is 25.1 Å². The number of likely N-dealkylation sites (tertiary alicyclic amines) is 2. The molecule has 3 saturated heterocycles. The molecule has 270 valence electrons. The number of esters is 1. The van der Waals surface area contributed by atoms with Gasteiger partial charge >= 0.3 is 5.97 Å². The van der Waals surface area contributed by atoms with Gasteiger partial charge in [0.15, 0.2) is 0 Å². The lowest BCUT2D eigenvalue weighted by Gasteiger charge is -2.47. The molecular weight excluding hydrogens is 701 g/mol. The second kappa shape index (κ2) is 14.0. The molecule has 1 N–H and O–H groups in total. The number of ether oxygens (including phenoxy) is 3. The van der Waals surface area contributed by atoms with Crippen LogP contribution in [0, 0.1) is 5.92 Å². The lowest BCUT2D eigenvalue weighted by Crippen LogP contribution is -2.66. The maximum absolute atomic E-state index is 12.2. The van der Waals surface area contributed by atoms with Crippen LogP contribution >= 0.6 is 23.2 Å². The topological polar surface area (TPSA) is 106 Å². The van der Waals surface area contributed by atoms with Crippen LogP contribution < -0.4 is 14.8 Å². The molecule has 1 atom stereocenters. The van der Waals surface area contributed by atoms with Gasteiger partial charge in [-0.05, 0) is 43.4 Å². The molecule has 3 aliphatic heterocycles. The summed E-state index contributed by atoms with van der Waals surface area (Å²) in [6, 6.07) is 16.3. The van der Waals surface area contributed by atoms with Gasteiger partial charge in [0.1, 0.15) is 11.4 Å². The van der Waals surface area contributed by atoms with Gasteiger partial charge < -0.3 is 19.5 Å². The van der Waals surface area contributed by atoms with Gasteiger partial charge in [0.25, 0.3) is 0 Å². The van der Waals surface area contributed by atoms with Gasteiger partial charge in [0, 0.05) is 73.0 Å². The highest BCUT2D eigenvalue weighted by Crippen LogP contribution is 2.48. The summed E-state index contributed by atoms with van der Waals surface area (Å²) in [6.07, 6.45) is 5.07. The van der Waals surface area contributed by atoms with E-state index in [9.17, 15) is 9.59 Å². The molecule has 8 rings (SSSR count). The van der Waals surface area contributed by atoms with E-state index in [1.807, 2.05) is 43.3 Å². The average molecular weight is 743 g/mol. The van der Waals surface area contributed by atoms with Crippen molar-refractivity contribution in [2.75, 3.05) is 47.0 Å². The molecule has 10 nitrogen and oxygen atoms in total. The summed E-state index contributed by atoms with van der Waals surface area (Å²) in [6.45, 7) is 5.80. The first-order chi connectivity index (χ1) is 25.2. The fourth-order valence-corrected chi connectivity index (χ4v) is 9.08. The second-order valence-corrected chi connectivity index (χ2v) is 15.0. The molecule has 1 spiro atoms. The van der Waals surface area contributed by atoms with Crippen LogP contribution in [-0.4, -0.2) is 84.2 Å². The number of aryl methyl sites for hydroxylation is 1. The van der Waals surface area contributed by atoms with Crippen molar-refractivity contribution in [3.05, 3.63) is 81.6 Å². The third kappa shape index (κ3) is 6.19. The summed E-state index contributed by atoms with van der Waals surface area (Å²) < 4.78 is 16.9. The first kappa shape index (κ1) is 34.8. The summed E-state index contributed by atoms with van der Waals surface area (Å²) in [5.74, 6) is 1.21. The van der Waals surface area contributed by atoms with E-state index >= 15 is 0 Å². The Labute approximate surface area is 313 Å². The van der Waals surface area contributed by atoms with Crippen molar-refractivity contribution in [2.24, 2.45) is 5.92 Å². The second-order valence-electron chi connectivity index (χ2n) is 14.2. The van der Waals surface area contributed by atoms with E-state index in [-0.39, 0.29) is 29.4 Å². The van der Waals surface area contributed by atoms with Crippen LogP contribution in [0.5, 0.6) is 11.6 Å². The zero-order chi connectivity index (χ0) is 36.1. The Morgan fingerprint density at radius 2 is 1.69 bits per heavy atom. The molecule has 3 fully saturated rings. The zero-order valence-corrected chi connectivity index (χ0v) is 31.0. The number of benzene rings is 3. The van der Waals surface area contributed by atoms with Crippen molar-refractivity contribution in [3.8, 4) is 45.1 Å². The molecule has 1 unspecified atom stereocenters. The van der Waals surface area contributed by atoms with Crippen LogP contribution in [0.15, 0.2) is 54.7 Å². The highest BCUT2D eigenvalue weighted by atomic mass is 35.5. The third-order valence-electron chi connectivity index (χ3n) is 11.0. The number of fused-ring (bicyclic) bond motifs is 1. The Hall–Kier alpha value is -4.22. The maximum Gasteiger partial charge on any atom is 0.311 e. The Kier molecular flexibility index (Phi) is 9.36. The van der Waals surface area contributed by atoms with E-state index < -0.39 is 0 Å². The Morgan fingerprint density at radius 1 is 0.981 bits per heavy atom. The summed E-state index contributed by atoms with van der Waals surface area (Å²) >= 11 is 14.4. The summed E-state index contributed by atoms with van der Waals surface area (Å²) in [5, 5.41) is 4.22. The van der Waals surface area contributed by atoms with E-state index in [0.717, 1.165) is 71.6 Å². The number of hydrogen-bond acceptors (Lipinski definition) is 9. The lowest BCUT2D eigenvalue weighted by molar-refractivity contribution is -0.155. The standard InChI is InChI=1S/C40H41Cl2N5O5/c1-4-52-39(49)25-18-47(19-25)32-12-11-23-15-24(16-33(50-2)35(23)32)26-7-5-8-27(36(26)41)28-9-6-10-29(37(28)42)30-17-43-31(38(44-30)51-3)20-46-21-40(22-46)14-13-34(48)45-40/h5-10,15-17,25,32H,4,11-14,18-22H2,1-3H3,(H,45,48). The molecule has 0 saturated carbocycles. The SMILES string of the molecule is CCOC(=O)C1CN(C2CCc3cc(-c4cccc(-c5cccc(-c6cnc(CN7CC8(CCC(=O)N8)C7)c(OC)n6)c5Cl)c4Cl)cc(OC)c32)C1. The van der Waals surface area contributed by atoms with Gasteiger partial charge in [-0.25, -0.2) is 4.98 Å². The van der Waals surface area contributed by atoms with Crippen molar-refractivity contribution < 1.29 is 23.8 Å². The average Bonchev–Trinajstić information content (AvgIpc) is 3.71. The largest absolute Gasteiger partial charge is 0.496 e. The van der Waals surface area contributed by atoms with Crippen LogP contribution in [0.2, 0.25) is 10.0 Å². The zero-order valence-electron chi connectivity index (χ0n) is 29.5. The maximum atomic E-state index is 12.2. The normalized spacial score (nSPS) is 19.6. The summed E-state index contributed by atoms with van der Waals surface area (Å²) in [4.78, 5) is 38.2. The third-order valence-corrected chi connectivity index (χ3v) is 11.8. The van der Waals surface area contributed by atoms with Crippen LogP contribution in [-0.2, 0) is 27.3 Å². The first-order valence-corrected chi connectivity index (χ1v) is 18.6. The minimum Gasteiger partial charge on any atom is -0.496 e. The van der Waals surface area contributed by atoms with Gasteiger partial charge in [-0.15, -0.1) is 0 Å². The molecule has 3 aromatic carbocycles. The van der Waals surface area contributed by atoms with E-state index in [1.165, 1.54) is 11.1 Å². The fraction of sp³-hybridized carbons (Fsp3) is 0.400. The monoisotopic (exact) mass is 741 g/mol. The summed E-state index contributed by atoms with van der Waals surface area (Å²) in [7, 11) is 3.30. The van der Waals surface area contributed by atoms with Gasteiger partial charge in [-0.3, -0.25) is 24.4 Å².